The average molecular weight is 309 g/mol. The van der Waals surface area contributed by atoms with Gasteiger partial charge >= 0.3 is 0 Å². The molecule has 1 saturated heterocycles. The molecule has 2 aromatic rings. The molecule has 6 nitrogen and oxygen atoms in total. The van der Waals surface area contributed by atoms with Gasteiger partial charge < -0.3 is 15.2 Å². The smallest absolute Gasteiger partial charge is 0.144 e. The Balaban J connectivity index is 2.14. The molecule has 1 aromatic heterocycles. The van der Waals surface area contributed by atoms with Gasteiger partial charge in [-0.1, -0.05) is 16.8 Å². The Labute approximate surface area is 127 Å². The lowest BCUT2D eigenvalue weighted by molar-refractivity contribution is 0.106. The minimum absolute atomic E-state index is 0.0396. The van der Waals surface area contributed by atoms with Gasteiger partial charge in [-0.2, -0.15) is 0 Å². The van der Waals surface area contributed by atoms with Crippen LogP contribution in [0.15, 0.2) is 18.2 Å². The second-order valence-electron chi connectivity index (χ2n) is 4.86. The number of nitrogens with zero attached hydrogens (tertiary/aromatic N) is 3. The summed E-state index contributed by atoms with van der Waals surface area (Å²) in [7, 11) is 1.61. The molecule has 0 amide bonds. The van der Waals surface area contributed by atoms with Crippen LogP contribution in [-0.4, -0.2) is 28.7 Å². The third kappa shape index (κ3) is 2.62. The number of methoxy groups -OCH3 is 1. The minimum atomic E-state index is -0.0396. The van der Waals surface area contributed by atoms with E-state index in [1.807, 2.05) is 0 Å². The molecule has 1 aromatic carbocycles. The molecule has 7 heteroatoms. The molecule has 3 rings (SSSR count). The van der Waals surface area contributed by atoms with E-state index < -0.39 is 0 Å². The van der Waals surface area contributed by atoms with Crippen LogP contribution in [0.3, 0.4) is 0 Å². The lowest BCUT2D eigenvalue weighted by atomic mass is 10.1. The Morgan fingerprint density at radius 1 is 1.52 bits per heavy atom. The number of ether oxygens (including phenoxy) is 2. The Hall–Kier alpha value is -1.63. The van der Waals surface area contributed by atoms with Crippen molar-refractivity contribution in [3.8, 4) is 11.4 Å². The molecule has 0 aliphatic carbocycles. The maximum Gasteiger partial charge on any atom is 0.144 e. The van der Waals surface area contributed by atoms with Crippen LogP contribution in [0.25, 0.3) is 5.69 Å². The van der Waals surface area contributed by atoms with Gasteiger partial charge in [0.2, 0.25) is 0 Å². The molecule has 112 valence electrons. The van der Waals surface area contributed by atoms with Gasteiger partial charge in [0.15, 0.2) is 0 Å². The van der Waals surface area contributed by atoms with Crippen molar-refractivity contribution >= 4 is 11.6 Å². The van der Waals surface area contributed by atoms with Gasteiger partial charge in [0.25, 0.3) is 0 Å². The van der Waals surface area contributed by atoms with Gasteiger partial charge in [0.1, 0.15) is 23.2 Å². The molecule has 0 saturated carbocycles. The van der Waals surface area contributed by atoms with E-state index in [1.165, 1.54) is 0 Å². The summed E-state index contributed by atoms with van der Waals surface area (Å²) in [6.45, 7) is 1.06. The average Bonchev–Trinajstić information content (AvgIpc) is 3.15. The summed E-state index contributed by atoms with van der Waals surface area (Å²) in [5.74, 6) is 0.673. The molecule has 1 aliphatic rings. The summed E-state index contributed by atoms with van der Waals surface area (Å²) in [6.07, 6.45) is 1.91. The van der Waals surface area contributed by atoms with Gasteiger partial charge in [-0.25, -0.2) is 4.68 Å². The van der Waals surface area contributed by atoms with Crippen molar-refractivity contribution in [2.45, 2.75) is 25.5 Å². The summed E-state index contributed by atoms with van der Waals surface area (Å²) in [4.78, 5) is 0. The molecule has 21 heavy (non-hydrogen) atoms. The maximum atomic E-state index is 6.10. The molecule has 2 heterocycles. The number of hydrogen-bond donors (Lipinski definition) is 1. The first kappa shape index (κ1) is 14.3. The zero-order valence-electron chi connectivity index (χ0n) is 11.8. The fourth-order valence-electron chi connectivity index (χ4n) is 2.59. The molecule has 0 radical (unpaired) electrons. The van der Waals surface area contributed by atoms with E-state index in [0.29, 0.717) is 17.3 Å². The first-order chi connectivity index (χ1) is 10.2. The lowest BCUT2D eigenvalue weighted by Crippen LogP contribution is -2.11. The van der Waals surface area contributed by atoms with E-state index in [0.717, 1.165) is 36.5 Å². The molecular formula is C14H17ClN4O2. The zero-order valence-corrected chi connectivity index (χ0v) is 12.5. The van der Waals surface area contributed by atoms with Crippen LogP contribution in [0, 0.1) is 0 Å². The van der Waals surface area contributed by atoms with Crippen LogP contribution in [0.5, 0.6) is 5.75 Å². The highest BCUT2D eigenvalue weighted by Crippen LogP contribution is 2.34. The third-order valence-electron chi connectivity index (χ3n) is 3.58. The van der Waals surface area contributed by atoms with E-state index in [2.05, 4.69) is 10.3 Å². The fraction of sp³-hybridized carbons (Fsp3) is 0.429. The summed E-state index contributed by atoms with van der Waals surface area (Å²) < 4.78 is 12.9. The van der Waals surface area contributed by atoms with Crippen LogP contribution in [-0.2, 0) is 11.3 Å². The van der Waals surface area contributed by atoms with Gasteiger partial charge in [-0.3, -0.25) is 0 Å². The number of benzene rings is 1. The van der Waals surface area contributed by atoms with Gasteiger partial charge in [0.05, 0.1) is 12.8 Å². The van der Waals surface area contributed by atoms with Crippen molar-refractivity contribution in [3.63, 3.8) is 0 Å². The van der Waals surface area contributed by atoms with E-state index in [4.69, 9.17) is 26.8 Å². The summed E-state index contributed by atoms with van der Waals surface area (Å²) in [6, 6.07) is 5.38. The number of aromatic nitrogens is 3. The zero-order chi connectivity index (χ0) is 14.8. The largest absolute Gasteiger partial charge is 0.494 e. The van der Waals surface area contributed by atoms with Crippen LogP contribution >= 0.6 is 11.6 Å². The Morgan fingerprint density at radius 2 is 2.38 bits per heavy atom. The SMILES string of the molecule is COc1ccc(Cl)cc1-n1nnc(CN)c1C1CCCO1. The fourth-order valence-corrected chi connectivity index (χ4v) is 2.75. The van der Waals surface area contributed by atoms with Crippen molar-refractivity contribution in [1.29, 1.82) is 0 Å². The Bertz CT molecular complexity index is 638. The van der Waals surface area contributed by atoms with Gasteiger partial charge in [-0.05, 0) is 31.0 Å². The lowest BCUT2D eigenvalue weighted by Gasteiger charge is -2.15. The van der Waals surface area contributed by atoms with Crippen molar-refractivity contribution < 1.29 is 9.47 Å². The summed E-state index contributed by atoms with van der Waals surface area (Å²) in [5.41, 5.74) is 8.14. The number of nitrogens with two attached hydrogens (primary N) is 1. The summed E-state index contributed by atoms with van der Waals surface area (Å²) >= 11 is 6.10. The van der Waals surface area contributed by atoms with Crippen LogP contribution in [0.1, 0.15) is 30.3 Å². The Kier molecular flexibility index (Phi) is 4.10. The second kappa shape index (κ2) is 6.01. The number of hydrogen-bond acceptors (Lipinski definition) is 5. The predicted molar refractivity (Wildman–Crippen MR) is 78.7 cm³/mol. The topological polar surface area (TPSA) is 75.2 Å². The molecule has 0 bridgehead atoms. The van der Waals surface area contributed by atoms with Crippen LogP contribution < -0.4 is 10.5 Å². The molecule has 1 unspecified atom stereocenters. The van der Waals surface area contributed by atoms with Gasteiger partial charge in [-0.15, -0.1) is 5.10 Å². The van der Waals surface area contributed by atoms with Crippen LogP contribution in [0.4, 0.5) is 0 Å². The third-order valence-corrected chi connectivity index (χ3v) is 3.81. The number of halogens is 1. The number of rotatable bonds is 4. The van der Waals surface area contributed by atoms with E-state index >= 15 is 0 Å². The maximum absolute atomic E-state index is 6.10. The summed E-state index contributed by atoms with van der Waals surface area (Å²) in [5, 5.41) is 8.99. The highest BCUT2D eigenvalue weighted by atomic mass is 35.5. The van der Waals surface area contributed by atoms with Crippen molar-refractivity contribution in [3.05, 3.63) is 34.6 Å². The predicted octanol–water partition coefficient (Wildman–Crippen LogP) is 2.24. The highest BCUT2D eigenvalue weighted by molar-refractivity contribution is 6.30. The molecule has 0 spiro atoms. The Morgan fingerprint density at radius 3 is 3.05 bits per heavy atom. The van der Waals surface area contributed by atoms with E-state index in [-0.39, 0.29) is 6.10 Å². The molecular weight excluding hydrogens is 292 g/mol. The standard InChI is InChI=1S/C14H17ClN4O2/c1-20-12-5-4-9(15)7-11(12)19-14(10(8-16)17-18-19)13-3-2-6-21-13/h4-5,7,13H,2-3,6,8,16H2,1H3. The van der Waals surface area contributed by atoms with Crippen LogP contribution in [0.2, 0.25) is 5.02 Å². The quantitative estimate of drug-likeness (QED) is 0.937. The molecule has 1 fully saturated rings. The first-order valence-electron chi connectivity index (χ1n) is 6.84. The highest BCUT2D eigenvalue weighted by Gasteiger charge is 2.27. The van der Waals surface area contributed by atoms with Gasteiger partial charge in [0, 0.05) is 18.2 Å². The molecule has 1 aliphatic heterocycles. The minimum Gasteiger partial charge on any atom is -0.494 e. The van der Waals surface area contributed by atoms with Crippen molar-refractivity contribution in [1.82, 2.24) is 15.0 Å². The van der Waals surface area contributed by atoms with Crippen molar-refractivity contribution in [2.24, 2.45) is 5.73 Å². The first-order valence-corrected chi connectivity index (χ1v) is 7.22. The molecule has 1 atom stereocenters. The van der Waals surface area contributed by atoms with E-state index in [9.17, 15) is 0 Å². The van der Waals surface area contributed by atoms with E-state index in [1.54, 1.807) is 30.0 Å². The molecule has 2 N–H and O–H groups in total. The normalized spacial score (nSPS) is 18.1. The van der Waals surface area contributed by atoms with Crippen molar-refractivity contribution in [2.75, 3.05) is 13.7 Å². The monoisotopic (exact) mass is 308 g/mol. The second-order valence-corrected chi connectivity index (χ2v) is 5.29.